The van der Waals surface area contributed by atoms with E-state index < -0.39 is 12.0 Å². The lowest BCUT2D eigenvalue weighted by atomic mass is 10.00. The van der Waals surface area contributed by atoms with E-state index in [1.165, 1.54) is 7.05 Å². The Morgan fingerprint density at radius 2 is 1.75 bits per heavy atom. The number of aryl methyl sites for hydroxylation is 1. The number of amides is 2. The van der Waals surface area contributed by atoms with Gasteiger partial charge >= 0.3 is 6.09 Å². The van der Waals surface area contributed by atoms with Gasteiger partial charge in [0.1, 0.15) is 0 Å². The number of carbonyl (C=O) groups is 2. The average molecular weight is 267 g/mol. The number of benzene rings is 2. The van der Waals surface area contributed by atoms with E-state index in [2.05, 4.69) is 0 Å². The number of hydrogen-bond acceptors (Lipinski definition) is 3. The minimum Gasteiger partial charge on any atom is -0.404 e. The predicted molar refractivity (Wildman–Crippen MR) is 75.9 cm³/mol. The maximum Gasteiger partial charge on any atom is 0.422 e. The van der Waals surface area contributed by atoms with Crippen molar-refractivity contribution in [1.82, 2.24) is 4.90 Å². The molecule has 2 aromatic rings. The second-order valence-electron chi connectivity index (χ2n) is 4.76. The van der Waals surface area contributed by atoms with Gasteiger partial charge in [0.15, 0.2) is 5.76 Å². The van der Waals surface area contributed by atoms with Crippen molar-refractivity contribution in [1.29, 1.82) is 0 Å². The monoisotopic (exact) mass is 267 g/mol. The number of ether oxygens (including phenoxy) is 1. The number of cyclic esters (lactones) is 1. The lowest BCUT2D eigenvalue weighted by Crippen LogP contribution is -2.23. The minimum atomic E-state index is -0.641. The molecule has 100 valence electrons. The highest BCUT2D eigenvalue weighted by Crippen LogP contribution is 2.26. The van der Waals surface area contributed by atoms with E-state index in [0.717, 1.165) is 26.8 Å². The molecule has 4 nitrogen and oxygen atoms in total. The van der Waals surface area contributed by atoms with Gasteiger partial charge in [0.05, 0.1) is 0 Å². The molecule has 3 rings (SSSR count). The van der Waals surface area contributed by atoms with Gasteiger partial charge in [-0.15, -0.1) is 0 Å². The zero-order chi connectivity index (χ0) is 14.3. The number of likely N-dealkylation sites (N-methyl/N-ethyl adjacent to an activating group) is 1. The van der Waals surface area contributed by atoms with Gasteiger partial charge in [-0.3, -0.25) is 4.79 Å². The molecule has 1 heterocycles. The fourth-order valence-corrected chi connectivity index (χ4v) is 2.29. The molecule has 2 amide bonds. The van der Waals surface area contributed by atoms with Crippen LogP contribution in [0.2, 0.25) is 0 Å². The normalized spacial score (nSPS) is 17.1. The smallest absolute Gasteiger partial charge is 0.404 e. The van der Waals surface area contributed by atoms with Crippen LogP contribution in [0.15, 0.2) is 42.2 Å². The Labute approximate surface area is 116 Å². The largest absolute Gasteiger partial charge is 0.422 e. The quantitative estimate of drug-likeness (QED) is 0.746. The van der Waals surface area contributed by atoms with Crippen molar-refractivity contribution in [3.63, 3.8) is 0 Å². The lowest BCUT2D eigenvalue weighted by Gasteiger charge is -2.05. The molecule has 1 saturated heterocycles. The maximum absolute atomic E-state index is 11.8. The second-order valence-corrected chi connectivity index (χ2v) is 4.76. The molecule has 2 aromatic carbocycles. The third kappa shape index (κ3) is 1.86. The topological polar surface area (TPSA) is 46.6 Å². The molecule has 0 saturated carbocycles. The summed E-state index contributed by atoms with van der Waals surface area (Å²) in [5.41, 5.74) is 2.02. The van der Waals surface area contributed by atoms with Crippen molar-refractivity contribution >= 4 is 28.8 Å². The Morgan fingerprint density at radius 1 is 1.05 bits per heavy atom. The van der Waals surface area contributed by atoms with Crippen LogP contribution in [0.5, 0.6) is 0 Å². The molecule has 1 aliphatic rings. The van der Waals surface area contributed by atoms with Crippen LogP contribution in [0.1, 0.15) is 11.1 Å². The van der Waals surface area contributed by atoms with Crippen LogP contribution in [0.25, 0.3) is 16.8 Å². The van der Waals surface area contributed by atoms with Crippen LogP contribution in [-0.4, -0.2) is 23.9 Å². The van der Waals surface area contributed by atoms with E-state index in [-0.39, 0.29) is 5.76 Å². The van der Waals surface area contributed by atoms with Gasteiger partial charge < -0.3 is 4.74 Å². The first-order chi connectivity index (χ1) is 9.58. The van der Waals surface area contributed by atoms with Crippen LogP contribution in [0, 0.1) is 6.92 Å². The number of carbonyl (C=O) groups excluding carboxylic acids is 2. The molecular weight excluding hydrogens is 254 g/mol. The Bertz CT molecular complexity index is 761. The number of imide groups is 1. The van der Waals surface area contributed by atoms with Crippen LogP contribution in [-0.2, 0) is 9.53 Å². The summed E-state index contributed by atoms with van der Waals surface area (Å²) >= 11 is 0. The van der Waals surface area contributed by atoms with Crippen molar-refractivity contribution in [2.45, 2.75) is 6.92 Å². The van der Waals surface area contributed by atoms with Crippen LogP contribution in [0.3, 0.4) is 0 Å². The summed E-state index contributed by atoms with van der Waals surface area (Å²) in [6.07, 6.45) is 0.976. The summed E-state index contributed by atoms with van der Waals surface area (Å²) < 4.78 is 4.97. The molecular formula is C16H13NO3. The molecule has 0 spiro atoms. The fourth-order valence-electron chi connectivity index (χ4n) is 2.29. The van der Waals surface area contributed by atoms with Crippen molar-refractivity contribution in [3.8, 4) is 0 Å². The van der Waals surface area contributed by atoms with Crippen LogP contribution >= 0.6 is 0 Å². The highest BCUT2D eigenvalue weighted by atomic mass is 16.6. The molecule has 0 N–H and O–H groups in total. The van der Waals surface area contributed by atoms with E-state index in [0.29, 0.717) is 0 Å². The molecule has 20 heavy (non-hydrogen) atoms. The van der Waals surface area contributed by atoms with Crippen molar-refractivity contribution in [3.05, 3.63) is 53.3 Å². The third-order valence-corrected chi connectivity index (χ3v) is 3.45. The summed E-state index contributed by atoms with van der Waals surface area (Å²) in [5.74, 6) is -0.355. The van der Waals surface area contributed by atoms with E-state index in [1.54, 1.807) is 6.08 Å². The fraction of sp³-hybridized carbons (Fsp3) is 0.125. The van der Waals surface area contributed by atoms with Crippen molar-refractivity contribution < 1.29 is 14.3 Å². The zero-order valence-electron chi connectivity index (χ0n) is 11.2. The summed E-state index contributed by atoms with van der Waals surface area (Å²) in [7, 11) is 1.40. The van der Waals surface area contributed by atoms with E-state index in [9.17, 15) is 9.59 Å². The van der Waals surface area contributed by atoms with Gasteiger partial charge in [-0.25, -0.2) is 9.69 Å². The Hall–Kier alpha value is -2.62. The Morgan fingerprint density at radius 3 is 2.40 bits per heavy atom. The van der Waals surface area contributed by atoms with Crippen LogP contribution < -0.4 is 0 Å². The number of nitrogens with zero attached hydrogens (tertiary/aromatic N) is 1. The van der Waals surface area contributed by atoms with Gasteiger partial charge in [0.2, 0.25) is 0 Å². The van der Waals surface area contributed by atoms with Crippen LogP contribution in [0.4, 0.5) is 4.79 Å². The highest BCUT2D eigenvalue weighted by molar-refractivity contribution is 6.10. The molecule has 0 aromatic heterocycles. The van der Waals surface area contributed by atoms with Crippen molar-refractivity contribution in [2.24, 2.45) is 0 Å². The van der Waals surface area contributed by atoms with Gasteiger partial charge in [-0.05, 0) is 34.9 Å². The minimum absolute atomic E-state index is 0.0616. The third-order valence-electron chi connectivity index (χ3n) is 3.45. The first-order valence-electron chi connectivity index (χ1n) is 6.28. The van der Waals surface area contributed by atoms with Crippen molar-refractivity contribution in [2.75, 3.05) is 7.05 Å². The summed E-state index contributed by atoms with van der Waals surface area (Å²) in [6.45, 7) is 2.04. The standard InChI is InChI=1S/C16H13NO3/c1-10-7-8-11(13-6-4-3-5-12(10)13)9-14-15(18)17(2)16(19)20-14/h3-9H,1-2H3/b14-9+. The molecule has 0 unspecified atom stereocenters. The number of rotatable bonds is 1. The molecule has 0 atom stereocenters. The molecule has 1 aliphatic heterocycles. The number of hydrogen-bond donors (Lipinski definition) is 0. The molecule has 4 heteroatoms. The van der Waals surface area contributed by atoms with Gasteiger partial charge in [0.25, 0.3) is 5.91 Å². The van der Waals surface area contributed by atoms with E-state index in [1.807, 2.05) is 43.3 Å². The van der Waals surface area contributed by atoms with Gasteiger partial charge in [-0.1, -0.05) is 36.4 Å². The molecule has 0 bridgehead atoms. The molecule has 1 fully saturated rings. The molecule has 0 radical (unpaired) electrons. The predicted octanol–water partition coefficient (Wildman–Crippen LogP) is 3.10. The zero-order valence-corrected chi connectivity index (χ0v) is 11.2. The summed E-state index contributed by atoms with van der Waals surface area (Å²) in [6, 6.07) is 11.8. The molecule has 0 aliphatic carbocycles. The van der Waals surface area contributed by atoms with E-state index >= 15 is 0 Å². The summed E-state index contributed by atoms with van der Waals surface area (Å²) in [5, 5.41) is 2.14. The average Bonchev–Trinajstić information content (AvgIpc) is 2.70. The highest BCUT2D eigenvalue weighted by Gasteiger charge is 2.33. The Balaban J connectivity index is 2.15. The Kier molecular flexibility index (Phi) is 2.79. The SMILES string of the molecule is Cc1ccc(/C=C2/OC(=O)N(C)C2=O)c2ccccc12. The lowest BCUT2D eigenvalue weighted by molar-refractivity contribution is -0.122. The van der Waals surface area contributed by atoms with Gasteiger partial charge in [0, 0.05) is 7.05 Å². The van der Waals surface area contributed by atoms with Gasteiger partial charge in [-0.2, -0.15) is 0 Å². The summed E-state index contributed by atoms with van der Waals surface area (Å²) in [4.78, 5) is 24.1. The first kappa shape index (κ1) is 12.4. The second kappa shape index (κ2) is 4.49. The first-order valence-corrected chi connectivity index (χ1v) is 6.28. The maximum atomic E-state index is 11.8. The van der Waals surface area contributed by atoms with E-state index in [4.69, 9.17) is 4.74 Å². The number of fused-ring (bicyclic) bond motifs is 1.